The molecular formula is C11H22O2. The molecule has 2 atom stereocenters. The first-order chi connectivity index (χ1) is 6.04. The second-order valence-electron chi connectivity index (χ2n) is 4.55. The van der Waals surface area contributed by atoms with Crippen LogP contribution < -0.4 is 0 Å². The van der Waals surface area contributed by atoms with Crippen molar-refractivity contribution in [1.29, 1.82) is 0 Å². The minimum atomic E-state index is -0.461. The van der Waals surface area contributed by atoms with E-state index in [4.69, 9.17) is 4.74 Å². The van der Waals surface area contributed by atoms with E-state index in [2.05, 4.69) is 20.8 Å². The molecule has 1 aliphatic rings. The average Bonchev–Trinajstić information content (AvgIpc) is 2.04. The summed E-state index contributed by atoms with van der Waals surface area (Å²) in [6.45, 7) is 7.06. The largest absolute Gasteiger partial charge is 0.390 e. The summed E-state index contributed by atoms with van der Waals surface area (Å²) in [6.07, 6.45) is 4.54. The van der Waals surface area contributed by atoms with Crippen molar-refractivity contribution in [3.63, 3.8) is 0 Å². The molecule has 1 heterocycles. The molecule has 0 aromatic carbocycles. The predicted molar refractivity (Wildman–Crippen MR) is 53.7 cm³/mol. The van der Waals surface area contributed by atoms with Gasteiger partial charge in [-0.05, 0) is 26.2 Å². The maximum Gasteiger partial charge on any atom is 0.0697 e. The van der Waals surface area contributed by atoms with Crippen LogP contribution in [0.3, 0.4) is 0 Å². The smallest absolute Gasteiger partial charge is 0.0697 e. The van der Waals surface area contributed by atoms with Gasteiger partial charge in [-0.2, -0.15) is 0 Å². The van der Waals surface area contributed by atoms with Crippen LogP contribution in [0.4, 0.5) is 0 Å². The lowest BCUT2D eigenvalue weighted by molar-refractivity contribution is -0.155. The van der Waals surface area contributed by atoms with Crippen molar-refractivity contribution in [1.82, 2.24) is 0 Å². The Hall–Kier alpha value is -0.0800. The van der Waals surface area contributed by atoms with E-state index < -0.39 is 5.60 Å². The number of hydrogen-bond donors (Lipinski definition) is 1. The predicted octanol–water partition coefficient (Wildman–Crippen LogP) is 2.50. The van der Waals surface area contributed by atoms with Crippen LogP contribution in [0.15, 0.2) is 0 Å². The minimum Gasteiger partial charge on any atom is -0.390 e. The Morgan fingerprint density at radius 2 is 2.08 bits per heavy atom. The van der Waals surface area contributed by atoms with Gasteiger partial charge in [0.25, 0.3) is 0 Å². The molecular weight excluding hydrogens is 164 g/mol. The van der Waals surface area contributed by atoms with Gasteiger partial charge in [0.15, 0.2) is 0 Å². The van der Waals surface area contributed by atoms with Crippen molar-refractivity contribution in [2.24, 2.45) is 0 Å². The Labute approximate surface area is 81.3 Å². The van der Waals surface area contributed by atoms with Crippen molar-refractivity contribution >= 4 is 0 Å². The number of hydrogen-bond acceptors (Lipinski definition) is 2. The second kappa shape index (κ2) is 3.97. The monoisotopic (exact) mass is 186 g/mol. The van der Waals surface area contributed by atoms with Crippen molar-refractivity contribution in [3.8, 4) is 0 Å². The summed E-state index contributed by atoms with van der Waals surface area (Å²) in [6, 6.07) is 0. The molecule has 1 saturated heterocycles. The first kappa shape index (κ1) is 11.0. The number of aliphatic hydroxyl groups is 1. The fourth-order valence-electron chi connectivity index (χ4n) is 2.23. The number of ether oxygens (including phenoxy) is 1. The lowest BCUT2D eigenvalue weighted by Crippen LogP contribution is -2.47. The second-order valence-corrected chi connectivity index (χ2v) is 4.55. The molecule has 2 nitrogen and oxygen atoms in total. The summed E-state index contributed by atoms with van der Waals surface area (Å²) < 4.78 is 5.70. The molecule has 0 amide bonds. The van der Waals surface area contributed by atoms with E-state index in [9.17, 15) is 5.11 Å². The Kier molecular flexibility index (Phi) is 3.36. The molecule has 2 unspecified atom stereocenters. The molecule has 1 N–H and O–H groups in total. The van der Waals surface area contributed by atoms with Gasteiger partial charge in [-0.15, -0.1) is 0 Å². The zero-order valence-corrected chi connectivity index (χ0v) is 9.10. The van der Waals surface area contributed by atoms with Crippen LogP contribution in [-0.4, -0.2) is 22.9 Å². The lowest BCUT2D eigenvalue weighted by atomic mass is 9.79. The van der Waals surface area contributed by atoms with E-state index in [0.717, 1.165) is 32.1 Å². The van der Waals surface area contributed by atoms with Crippen molar-refractivity contribution in [2.45, 2.75) is 64.1 Å². The van der Waals surface area contributed by atoms with Crippen molar-refractivity contribution in [2.75, 3.05) is 6.61 Å². The first-order valence-electron chi connectivity index (χ1n) is 5.40. The molecule has 13 heavy (non-hydrogen) atoms. The maximum absolute atomic E-state index is 10.3. The molecule has 0 bridgehead atoms. The Bertz CT molecular complexity index is 165. The third-order valence-corrected chi connectivity index (χ3v) is 3.18. The highest BCUT2D eigenvalue weighted by Gasteiger charge is 2.40. The third-order valence-electron chi connectivity index (χ3n) is 3.18. The van der Waals surface area contributed by atoms with E-state index >= 15 is 0 Å². The fraction of sp³-hybridized carbons (Fsp3) is 1.00. The van der Waals surface area contributed by atoms with E-state index in [-0.39, 0.29) is 5.60 Å². The van der Waals surface area contributed by atoms with Gasteiger partial charge in [0.1, 0.15) is 0 Å². The minimum absolute atomic E-state index is 0.0951. The van der Waals surface area contributed by atoms with Crippen LogP contribution in [-0.2, 0) is 4.74 Å². The van der Waals surface area contributed by atoms with E-state index in [1.807, 2.05) is 0 Å². The summed E-state index contributed by atoms with van der Waals surface area (Å²) >= 11 is 0. The van der Waals surface area contributed by atoms with Crippen molar-refractivity contribution < 1.29 is 9.84 Å². The summed E-state index contributed by atoms with van der Waals surface area (Å²) in [5.74, 6) is 0. The van der Waals surface area contributed by atoms with Gasteiger partial charge in [-0.3, -0.25) is 0 Å². The maximum atomic E-state index is 10.3. The zero-order valence-electron chi connectivity index (χ0n) is 9.10. The fourth-order valence-corrected chi connectivity index (χ4v) is 2.23. The summed E-state index contributed by atoms with van der Waals surface area (Å²) in [7, 11) is 0. The Balaban J connectivity index is 2.59. The van der Waals surface area contributed by atoms with E-state index in [0.29, 0.717) is 6.61 Å². The van der Waals surface area contributed by atoms with Crippen LogP contribution in [0.25, 0.3) is 0 Å². The molecule has 0 saturated carbocycles. The zero-order chi connectivity index (χ0) is 9.95. The highest BCUT2D eigenvalue weighted by atomic mass is 16.5. The van der Waals surface area contributed by atoms with Crippen molar-refractivity contribution in [3.05, 3.63) is 0 Å². The molecule has 0 spiro atoms. The highest BCUT2D eigenvalue weighted by Crippen LogP contribution is 2.36. The van der Waals surface area contributed by atoms with Gasteiger partial charge in [-0.1, -0.05) is 20.3 Å². The molecule has 1 fully saturated rings. The van der Waals surface area contributed by atoms with Crippen LogP contribution in [0.2, 0.25) is 0 Å². The van der Waals surface area contributed by atoms with E-state index in [1.165, 1.54) is 0 Å². The summed E-state index contributed by atoms with van der Waals surface area (Å²) in [4.78, 5) is 0. The van der Waals surface area contributed by atoms with Gasteiger partial charge in [-0.25, -0.2) is 0 Å². The topological polar surface area (TPSA) is 29.5 Å². The lowest BCUT2D eigenvalue weighted by Gasteiger charge is -2.43. The van der Waals surface area contributed by atoms with Crippen LogP contribution in [0, 0.1) is 0 Å². The molecule has 1 rings (SSSR count). The molecule has 1 aliphatic heterocycles. The van der Waals surface area contributed by atoms with Crippen LogP contribution in [0.1, 0.15) is 52.9 Å². The van der Waals surface area contributed by atoms with Gasteiger partial charge >= 0.3 is 0 Å². The Morgan fingerprint density at radius 1 is 1.38 bits per heavy atom. The summed E-state index contributed by atoms with van der Waals surface area (Å²) in [5, 5.41) is 10.3. The van der Waals surface area contributed by atoms with E-state index in [1.54, 1.807) is 0 Å². The molecule has 2 heteroatoms. The molecule has 78 valence electrons. The third kappa shape index (κ3) is 2.68. The quantitative estimate of drug-likeness (QED) is 0.733. The SMILES string of the molecule is CCCC1(O)CCOC(C)(CC)C1. The molecule has 0 aromatic heterocycles. The normalized spacial score (nSPS) is 40.6. The standard InChI is InChI=1S/C11H22O2/c1-4-6-11(12)7-8-13-10(3,5-2)9-11/h12H,4-9H2,1-3H3. The molecule has 0 radical (unpaired) electrons. The van der Waals surface area contributed by atoms with Gasteiger partial charge < -0.3 is 9.84 Å². The number of rotatable bonds is 3. The van der Waals surface area contributed by atoms with Gasteiger partial charge in [0.05, 0.1) is 17.8 Å². The summed E-state index contributed by atoms with van der Waals surface area (Å²) in [5.41, 5.74) is -0.556. The van der Waals surface area contributed by atoms with Crippen LogP contribution in [0.5, 0.6) is 0 Å². The first-order valence-corrected chi connectivity index (χ1v) is 5.40. The van der Waals surface area contributed by atoms with Gasteiger partial charge in [0.2, 0.25) is 0 Å². The molecule has 0 aliphatic carbocycles. The Morgan fingerprint density at radius 3 is 2.62 bits per heavy atom. The van der Waals surface area contributed by atoms with Gasteiger partial charge in [0, 0.05) is 6.42 Å². The van der Waals surface area contributed by atoms with Crippen LogP contribution >= 0.6 is 0 Å². The highest BCUT2D eigenvalue weighted by molar-refractivity contribution is 4.91. The molecule has 0 aromatic rings. The average molecular weight is 186 g/mol.